The molecule has 3 aromatic carbocycles. The monoisotopic (exact) mass is 515 g/mol. The van der Waals surface area contributed by atoms with E-state index in [-0.39, 0.29) is 0 Å². The Hall–Kier alpha value is -5.62. The van der Waals surface area contributed by atoms with Gasteiger partial charge in [-0.25, -0.2) is 15.0 Å². The van der Waals surface area contributed by atoms with Gasteiger partial charge in [-0.3, -0.25) is 4.98 Å². The Morgan fingerprint density at radius 1 is 0.575 bits per heavy atom. The van der Waals surface area contributed by atoms with Crippen LogP contribution in [0.1, 0.15) is 0 Å². The minimum atomic E-state index is 0.482. The van der Waals surface area contributed by atoms with E-state index in [1.54, 1.807) is 6.20 Å². The number of nitrogens with zero attached hydrogens (tertiary/aromatic N) is 4. The number of H-pyrrole nitrogens is 1. The van der Waals surface area contributed by atoms with Crippen molar-refractivity contribution in [2.45, 2.75) is 0 Å². The van der Waals surface area contributed by atoms with E-state index in [9.17, 15) is 0 Å². The van der Waals surface area contributed by atoms with E-state index in [2.05, 4.69) is 35.3 Å². The molecule has 8 rings (SSSR count). The predicted molar refractivity (Wildman–Crippen MR) is 159 cm³/mol. The quantitative estimate of drug-likeness (QED) is 0.255. The summed E-state index contributed by atoms with van der Waals surface area (Å²) in [7, 11) is 0. The van der Waals surface area contributed by atoms with Gasteiger partial charge in [0.15, 0.2) is 11.6 Å². The van der Waals surface area contributed by atoms with E-state index in [0.717, 1.165) is 61.1 Å². The Balaban J connectivity index is 1.47. The third-order valence-corrected chi connectivity index (χ3v) is 7.10. The number of nitrogens with one attached hydrogen (secondary N) is 1. The average molecular weight is 516 g/mol. The van der Waals surface area contributed by atoms with Crippen molar-refractivity contribution in [1.29, 1.82) is 0 Å². The molecule has 0 unspecified atom stereocenters. The Morgan fingerprint density at radius 2 is 1.35 bits per heavy atom. The maximum absolute atomic E-state index is 6.23. The number of benzene rings is 3. The first-order chi connectivity index (χ1) is 19.8. The zero-order valence-corrected chi connectivity index (χ0v) is 21.2. The van der Waals surface area contributed by atoms with Crippen molar-refractivity contribution < 1.29 is 4.42 Å². The smallest absolute Gasteiger partial charge is 0.197 e. The molecule has 6 nitrogen and oxygen atoms in total. The van der Waals surface area contributed by atoms with Gasteiger partial charge in [0.2, 0.25) is 0 Å². The summed E-state index contributed by atoms with van der Waals surface area (Å²) in [5.41, 5.74) is 7.28. The highest BCUT2D eigenvalue weighted by Crippen LogP contribution is 2.40. The van der Waals surface area contributed by atoms with Gasteiger partial charge in [0.05, 0.1) is 28.2 Å². The standard InChI is InChI=1S/C34H21N5O/c1-4-12-24-21(9-1)16-17-26(36-24)31-32(27-14-7-8-18-35-27)38-34(30-20-23-11-3-6-15-29(23)40-30)39-33(31)28-19-22-10-2-5-13-25(22)37-28/h1-20,37H. The summed E-state index contributed by atoms with van der Waals surface area (Å²) >= 11 is 0. The van der Waals surface area contributed by atoms with Gasteiger partial charge in [0, 0.05) is 27.9 Å². The molecular formula is C34H21N5O. The zero-order valence-electron chi connectivity index (χ0n) is 21.2. The first-order valence-corrected chi connectivity index (χ1v) is 13.1. The van der Waals surface area contributed by atoms with Crippen molar-refractivity contribution in [3.63, 3.8) is 0 Å². The topological polar surface area (TPSA) is 80.5 Å². The van der Waals surface area contributed by atoms with Crippen LogP contribution in [0.15, 0.2) is 126 Å². The number of aromatic nitrogens is 5. The Bertz CT molecular complexity index is 2110. The van der Waals surface area contributed by atoms with Crippen LogP contribution < -0.4 is 0 Å². The van der Waals surface area contributed by atoms with E-state index in [1.807, 2.05) is 84.9 Å². The molecule has 0 bridgehead atoms. The van der Waals surface area contributed by atoms with Gasteiger partial charge in [0.25, 0.3) is 0 Å². The SMILES string of the molecule is c1ccc(-c2nc(-c3cc4ccccc4o3)nc(-c3cc4ccccc4[nH]3)c2-c2ccc3ccccc3n2)nc1. The summed E-state index contributed by atoms with van der Waals surface area (Å²) in [6, 6.07) is 38.3. The summed E-state index contributed by atoms with van der Waals surface area (Å²) < 4.78 is 6.23. The predicted octanol–water partition coefficient (Wildman–Crippen LogP) is 8.32. The number of pyridine rings is 2. The lowest BCUT2D eigenvalue weighted by Crippen LogP contribution is -2.02. The molecule has 0 amide bonds. The first-order valence-electron chi connectivity index (χ1n) is 13.1. The van der Waals surface area contributed by atoms with E-state index in [1.165, 1.54) is 0 Å². The highest BCUT2D eigenvalue weighted by Gasteiger charge is 2.24. The van der Waals surface area contributed by atoms with Gasteiger partial charge in [-0.15, -0.1) is 0 Å². The minimum Gasteiger partial charge on any atom is -0.453 e. The van der Waals surface area contributed by atoms with E-state index >= 15 is 0 Å². The molecule has 0 fully saturated rings. The van der Waals surface area contributed by atoms with Crippen molar-refractivity contribution >= 4 is 32.8 Å². The van der Waals surface area contributed by atoms with Gasteiger partial charge in [-0.1, -0.05) is 66.7 Å². The Labute approximate surface area is 229 Å². The molecule has 0 saturated heterocycles. The van der Waals surface area contributed by atoms with Crippen LogP contribution in [0.2, 0.25) is 0 Å². The molecule has 188 valence electrons. The summed E-state index contributed by atoms with van der Waals surface area (Å²) in [4.78, 5) is 23.6. The molecule has 1 N–H and O–H groups in total. The average Bonchev–Trinajstić information content (AvgIpc) is 3.65. The van der Waals surface area contributed by atoms with Crippen LogP contribution in [0.4, 0.5) is 0 Å². The number of hydrogen-bond acceptors (Lipinski definition) is 5. The van der Waals surface area contributed by atoms with Gasteiger partial charge < -0.3 is 9.40 Å². The first kappa shape index (κ1) is 22.4. The fourth-order valence-electron chi connectivity index (χ4n) is 5.19. The number of rotatable bonds is 4. The number of aromatic amines is 1. The molecule has 5 aromatic heterocycles. The maximum atomic E-state index is 6.23. The zero-order chi connectivity index (χ0) is 26.5. The van der Waals surface area contributed by atoms with Crippen LogP contribution >= 0.6 is 0 Å². The van der Waals surface area contributed by atoms with Crippen LogP contribution in [0.25, 0.3) is 78.4 Å². The van der Waals surface area contributed by atoms with E-state index in [0.29, 0.717) is 17.3 Å². The normalized spacial score (nSPS) is 11.5. The van der Waals surface area contributed by atoms with Gasteiger partial charge >= 0.3 is 0 Å². The number of furan rings is 1. The molecule has 0 radical (unpaired) electrons. The molecule has 8 aromatic rings. The summed E-state index contributed by atoms with van der Waals surface area (Å²) in [5.74, 6) is 1.07. The fraction of sp³-hybridized carbons (Fsp3) is 0. The molecule has 0 aliphatic rings. The van der Waals surface area contributed by atoms with Crippen molar-refractivity contribution in [3.05, 3.63) is 121 Å². The molecule has 0 aliphatic carbocycles. The maximum Gasteiger partial charge on any atom is 0.197 e. The number of fused-ring (bicyclic) bond motifs is 3. The number of para-hydroxylation sites is 3. The van der Waals surface area contributed by atoms with Crippen LogP contribution in [0, 0.1) is 0 Å². The third kappa shape index (κ3) is 3.74. The largest absolute Gasteiger partial charge is 0.453 e. The lowest BCUT2D eigenvalue weighted by Gasteiger charge is -2.14. The third-order valence-electron chi connectivity index (χ3n) is 7.10. The lowest BCUT2D eigenvalue weighted by atomic mass is 10.0. The van der Waals surface area contributed by atoms with Crippen LogP contribution in [-0.2, 0) is 0 Å². The molecule has 6 heteroatoms. The van der Waals surface area contributed by atoms with Crippen molar-refractivity contribution in [2.24, 2.45) is 0 Å². The van der Waals surface area contributed by atoms with Crippen LogP contribution in [-0.4, -0.2) is 24.9 Å². The van der Waals surface area contributed by atoms with Gasteiger partial charge in [0.1, 0.15) is 17.0 Å². The minimum absolute atomic E-state index is 0.482. The van der Waals surface area contributed by atoms with Crippen LogP contribution in [0.3, 0.4) is 0 Å². The molecule has 0 atom stereocenters. The second-order valence-corrected chi connectivity index (χ2v) is 9.64. The Kier molecular flexibility index (Phi) is 5.03. The van der Waals surface area contributed by atoms with E-state index in [4.69, 9.17) is 24.4 Å². The summed E-state index contributed by atoms with van der Waals surface area (Å²) in [5, 5.41) is 3.16. The van der Waals surface area contributed by atoms with Crippen molar-refractivity contribution in [3.8, 4) is 45.6 Å². The lowest BCUT2D eigenvalue weighted by molar-refractivity contribution is 0.625. The molecule has 5 heterocycles. The molecule has 0 saturated carbocycles. The molecule has 0 aliphatic heterocycles. The molecular weight excluding hydrogens is 494 g/mol. The second-order valence-electron chi connectivity index (χ2n) is 9.64. The highest BCUT2D eigenvalue weighted by molar-refractivity contribution is 5.95. The molecule has 0 spiro atoms. The van der Waals surface area contributed by atoms with Crippen LogP contribution in [0.5, 0.6) is 0 Å². The van der Waals surface area contributed by atoms with Gasteiger partial charge in [-0.2, -0.15) is 0 Å². The summed E-state index contributed by atoms with van der Waals surface area (Å²) in [6.45, 7) is 0. The van der Waals surface area contributed by atoms with Gasteiger partial charge in [-0.05, 0) is 48.5 Å². The van der Waals surface area contributed by atoms with E-state index < -0.39 is 0 Å². The second kappa shape index (κ2) is 8.99. The summed E-state index contributed by atoms with van der Waals surface area (Å²) in [6.07, 6.45) is 1.78. The fourth-order valence-corrected chi connectivity index (χ4v) is 5.19. The molecule has 40 heavy (non-hydrogen) atoms. The highest BCUT2D eigenvalue weighted by atomic mass is 16.3. The number of hydrogen-bond donors (Lipinski definition) is 1. The van der Waals surface area contributed by atoms with Crippen molar-refractivity contribution in [2.75, 3.05) is 0 Å². The van der Waals surface area contributed by atoms with Crippen molar-refractivity contribution in [1.82, 2.24) is 24.9 Å². The Morgan fingerprint density at radius 3 is 2.20 bits per heavy atom.